The predicted octanol–water partition coefficient (Wildman–Crippen LogP) is 1.88. The average molecular weight is 705 g/mol. The Morgan fingerprint density at radius 2 is 1.43 bits per heavy atom. The lowest BCUT2D eigenvalue weighted by Crippen LogP contribution is -2.58. The molecule has 272 valence electrons. The van der Waals surface area contributed by atoms with Crippen LogP contribution in [0.4, 0.5) is 0 Å². The van der Waals surface area contributed by atoms with E-state index in [4.69, 9.17) is 10.5 Å². The molecule has 6 atom stereocenters. The van der Waals surface area contributed by atoms with Crippen molar-refractivity contribution >= 4 is 34.5 Å². The van der Waals surface area contributed by atoms with Crippen LogP contribution in [0.2, 0.25) is 0 Å². The van der Waals surface area contributed by atoms with E-state index in [0.29, 0.717) is 23.3 Å². The molecule has 0 aliphatic carbocycles. The summed E-state index contributed by atoms with van der Waals surface area (Å²) < 4.78 is 17.2. The fraction of sp³-hybridized carbons (Fsp3) is 0.543. The Morgan fingerprint density at radius 1 is 0.878 bits per heavy atom. The molecular formula is C35H52N4O9S. The van der Waals surface area contributed by atoms with Crippen molar-refractivity contribution in [3.8, 4) is 11.5 Å². The summed E-state index contributed by atoms with van der Waals surface area (Å²) in [6.07, 6.45) is 4.95. The molecule has 13 nitrogen and oxygen atoms in total. The van der Waals surface area contributed by atoms with Crippen molar-refractivity contribution in [3.05, 3.63) is 59.7 Å². The smallest absolute Gasteiger partial charge is 0.326 e. The van der Waals surface area contributed by atoms with E-state index in [2.05, 4.69) is 17.6 Å². The number of hydrogen-bond donors (Lipinski definition) is 6. The second kappa shape index (κ2) is 21.2. The van der Waals surface area contributed by atoms with Gasteiger partial charge in [-0.1, -0.05) is 63.3 Å². The fourth-order valence-electron chi connectivity index (χ4n) is 5.28. The first-order valence-corrected chi connectivity index (χ1v) is 18.2. The maximum absolute atomic E-state index is 13.8. The number of aliphatic hydroxyl groups is 1. The number of ether oxygens (including phenoxy) is 1. The molecule has 0 saturated heterocycles. The van der Waals surface area contributed by atoms with Gasteiger partial charge in [0.05, 0.1) is 7.11 Å². The maximum Gasteiger partial charge on any atom is 0.326 e. The molecule has 0 heterocycles. The summed E-state index contributed by atoms with van der Waals surface area (Å²) in [5.41, 5.74) is 7.33. The first-order valence-electron chi connectivity index (χ1n) is 16.5. The number of carbonyl (C=O) groups is 4. The Morgan fingerprint density at radius 3 is 1.98 bits per heavy atom. The number of phenols is 1. The van der Waals surface area contributed by atoms with Gasteiger partial charge in [0.25, 0.3) is 5.91 Å². The van der Waals surface area contributed by atoms with E-state index >= 15 is 0 Å². The molecule has 0 bridgehead atoms. The number of aliphatic hydroxyl groups excluding tert-OH is 1. The summed E-state index contributed by atoms with van der Waals surface area (Å²) in [6, 6.07) is 7.90. The Kier molecular flexibility index (Phi) is 17.8. The summed E-state index contributed by atoms with van der Waals surface area (Å²) in [4.78, 5) is 54.1. The lowest BCUT2D eigenvalue weighted by molar-refractivity contribution is -0.147. The topological polar surface area (TPSA) is 209 Å². The molecule has 1 unspecified atom stereocenters. The molecule has 2 rings (SSSR count). The van der Waals surface area contributed by atoms with Crippen LogP contribution in [0, 0.1) is 0 Å². The number of nitrogens with one attached hydrogen (secondary N) is 2. The molecule has 7 N–H and O–H groups in total. The van der Waals surface area contributed by atoms with E-state index in [0.717, 1.165) is 37.0 Å². The highest BCUT2D eigenvalue weighted by Crippen LogP contribution is 2.16. The minimum Gasteiger partial charge on any atom is -0.508 e. The zero-order chi connectivity index (χ0) is 36.5. The van der Waals surface area contributed by atoms with Gasteiger partial charge in [-0.05, 0) is 48.2 Å². The van der Waals surface area contributed by atoms with Crippen molar-refractivity contribution in [3.63, 3.8) is 0 Å². The number of carbonyl (C=O) groups excluding carboxylic acids is 3. The number of amides is 3. The first kappa shape index (κ1) is 41.2. The summed E-state index contributed by atoms with van der Waals surface area (Å²) in [5, 5.41) is 35.7. The van der Waals surface area contributed by atoms with Gasteiger partial charge in [0.15, 0.2) is 0 Å². The zero-order valence-corrected chi connectivity index (χ0v) is 29.6. The molecule has 49 heavy (non-hydrogen) atoms. The number of benzene rings is 2. The maximum atomic E-state index is 13.8. The molecule has 0 spiro atoms. The Bertz CT molecular complexity index is 1370. The van der Waals surface area contributed by atoms with Crippen LogP contribution >= 0.6 is 0 Å². The zero-order valence-electron chi connectivity index (χ0n) is 28.8. The molecule has 0 aromatic heterocycles. The van der Waals surface area contributed by atoms with Crippen LogP contribution in [0.25, 0.3) is 0 Å². The third-order valence-corrected chi connectivity index (χ3v) is 9.13. The van der Waals surface area contributed by atoms with Gasteiger partial charge in [0.2, 0.25) is 11.8 Å². The number of rotatable bonds is 22. The molecule has 2 aromatic rings. The highest BCUT2D eigenvalue weighted by Gasteiger charge is 2.35. The minimum atomic E-state index is -1.58. The molecule has 14 heteroatoms. The first-order chi connectivity index (χ1) is 23.3. The van der Waals surface area contributed by atoms with E-state index in [1.807, 2.05) is 0 Å². The number of phenolic OH excluding ortho intramolecular Hbond substituents is 1. The van der Waals surface area contributed by atoms with E-state index in [1.165, 1.54) is 32.5 Å². The molecule has 0 radical (unpaired) electrons. The average Bonchev–Trinajstić information content (AvgIpc) is 3.07. The summed E-state index contributed by atoms with van der Waals surface area (Å²) >= 11 is 0. The van der Waals surface area contributed by atoms with Gasteiger partial charge in [-0.15, -0.1) is 0 Å². The van der Waals surface area contributed by atoms with E-state index in [1.54, 1.807) is 36.4 Å². The van der Waals surface area contributed by atoms with Crippen LogP contribution in [0.15, 0.2) is 48.5 Å². The van der Waals surface area contributed by atoms with Gasteiger partial charge in [-0.25, -0.2) is 4.79 Å². The number of nitrogens with zero attached hydrogens (tertiary/aromatic N) is 1. The Hall–Kier alpha value is -4.01. The molecule has 0 saturated carbocycles. The minimum absolute atomic E-state index is 0.00953. The van der Waals surface area contributed by atoms with Crippen molar-refractivity contribution in [2.75, 3.05) is 26.2 Å². The molecule has 0 fully saturated rings. The molecular weight excluding hydrogens is 652 g/mol. The monoisotopic (exact) mass is 704 g/mol. The van der Waals surface area contributed by atoms with Crippen LogP contribution < -0.4 is 21.1 Å². The van der Waals surface area contributed by atoms with Gasteiger partial charge >= 0.3 is 5.97 Å². The Balaban J connectivity index is 2.29. The molecule has 0 aliphatic heterocycles. The quantitative estimate of drug-likeness (QED) is 0.0981. The van der Waals surface area contributed by atoms with Gasteiger partial charge in [0.1, 0.15) is 35.7 Å². The van der Waals surface area contributed by atoms with Crippen LogP contribution in [0.1, 0.15) is 63.0 Å². The molecule has 2 aromatic carbocycles. The largest absolute Gasteiger partial charge is 0.508 e. The van der Waals surface area contributed by atoms with E-state index in [9.17, 15) is 38.7 Å². The van der Waals surface area contributed by atoms with E-state index in [-0.39, 0.29) is 30.8 Å². The molecule has 3 amide bonds. The lowest BCUT2D eigenvalue weighted by Gasteiger charge is -2.32. The number of carboxylic acid groups (broad SMARTS) is 1. The van der Waals surface area contributed by atoms with Gasteiger partial charge in [0, 0.05) is 48.7 Å². The van der Waals surface area contributed by atoms with Crippen molar-refractivity contribution in [2.45, 2.75) is 95.0 Å². The number of aliphatic carboxylic acids is 1. The number of likely N-dealkylation sites (N-methyl/N-ethyl adjacent to an activating group) is 1. The number of unbranched alkanes of at least 4 members (excludes halogenated alkanes) is 4. The highest BCUT2D eigenvalue weighted by atomic mass is 32.2. The highest BCUT2D eigenvalue weighted by molar-refractivity contribution is 7.84. The van der Waals surface area contributed by atoms with Gasteiger partial charge in [-0.2, -0.15) is 0 Å². The normalized spacial score (nSPS) is 14.8. The second-order valence-corrected chi connectivity index (χ2v) is 13.8. The second-order valence-electron chi connectivity index (χ2n) is 12.2. The van der Waals surface area contributed by atoms with Crippen molar-refractivity contribution in [2.24, 2.45) is 5.73 Å². The number of hydrogen-bond acceptors (Lipinski definition) is 9. The lowest BCUT2D eigenvalue weighted by atomic mass is 10.0. The van der Waals surface area contributed by atoms with Crippen LogP contribution in [0.3, 0.4) is 0 Å². The van der Waals surface area contributed by atoms with Crippen molar-refractivity contribution < 1.29 is 43.4 Å². The van der Waals surface area contributed by atoms with Crippen LogP contribution in [0.5, 0.6) is 11.5 Å². The molecule has 0 aliphatic rings. The number of nitrogens with two attached hydrogens (primary N) is 1. The standard InChI is InChI=1S/C35H52N4O9S/c1-5-6-7-8-9-10-27(36)31(41)34(44)39(2)30(19-20-49(4)47)33(43)37-28(21-23-11-15-25(40)16-12-23)32(42)38-29(35(45)46)22-24-13-17-26(48-3)18-14-24/h11-18,27-31,40-41H,5-10,19-22,36H2,1-4H3,(H,37,43)(H,38,42)(H,45,46)/t27-,28-,29-,30-,31-,49?/m0/s1. The SMILES string of the molecule is CCCCCCC[C@H](N)[C@H](O)C(=O)N(C)[C@@H](CCS(C)=O)C(=O)N[C@@H](Cc1ccc(O)cc1)C(=O)N[C@@H](Cc1ccc(OC)cc1)C(=O)O. The van der Waals surface area contributed by atoms with Gasteiger partial charge < -0.3 is 41.3 Å². The third kappa shape index (κ3) is 14.2. The van der Waals surface area contributed by atoms with Crippen molar-refractivity contribution in [1.29, 1.82) is 0 Å². The van der Waals surface area contributed by atoms with Crippen LogP contribution in [-0.4, -0.2) is 105 Å². The Labute approximate surface area is 291 Å². The summed E-state index contributed by atoms with van der Waals surface area (Å²) in [6.45, 7) is 2.10. The summed E-state index contributed by atoms with van der Waals surface area (Å²) in [5.74, 6) is -3.01. The fourth-order valence-corrected chi connectivity index (χ4v) is 5.83. The summed E-state index contributed by atoms with van der Waals surface area (Å²) in [7, 11) is 1.51. The van der Waals surface area contributed by atoms with E-state index < -0.39 is 64.8 Å². The number of methoxy groups -OCH3 is 1. The third-order valence-electron chi connectivity index (χ3n) is 8.32. The number of carboxylic acids is 1. The van der Waals surface area contributed by atoms with Gasteiger partial charge in [-0.3, -0.25) is 18.6 Å². The predicted molar refractivity (Wildman–Crippen MR) is 187 cm³/mol. The van der Waals surface area contributed by atoms with Crippen molar-refractivity contribution in [1.82, 2.24) is 15.5 Å². The van der Waals surface area contributed by atoms with Crippen LogP contribution in [-0.2, 0) is 42.8 Å². The number of aromatic hydroxyl groups is 1.